The molecule has 0 saturated carbocycles. The Morgan fingerprint density at radius 3 is 1.82 bits per heavy atom. The molecule has 0 radical (unpaired) electrons. The molecule has 40 heavy (non-hydrogen) atoms. The molecule has 0 bridgehead atoms. The Kier molecular flexibility index (Phi) is 19.7. The number of hydrogen-bond donors (Lipinski definition) is 3. The summed E-state index contributed by atoms with van der Waals surface area (Å²) in [6.45, 7) is 4.56. The second-order valence-corrected chi connectivity index (χ2v) is 8.96. The van der Waals surface area contributed by atoms with E-state index < -0.39 is 5.97 Å². The number of ketones is 2. The highest BCUT2D eigenvalue weighted by Crippen LogP contribution is 2.12. The summed E-state index contributed by atoms with van der Waals surface area (Å²) in [5.74, 6) is -1.45. The van der Waals surface area contributed by atoms with Crippen molar-refractivity contribution >= 4 is 35.0 Å². The third kappa shape index (κ3) is 20.7. The van der Waals surface area contributed by atoms with Crippen LogP contribution in [0, 0.1) is 0 Å². The Labute approximate surface area is 235 Å². The van der Waals surface area contributed by atoms with E-state index in [9.17, 15) is 24.0 Å². The first-order valence-corrected chi connectivity index (χ1v) is 13.5. The van der Waals surface area contributed by atoms with E-state index >= 15 is 0 Å². The number of carbonyl (C=O) groups is 5. The summed E-state index contributed by atoms with van der Waals surface area (Å²) in [4.78, 5) is 57.0. The van der Waals surface area contributed by atoms with Crippen LogP contribution < -0.4 is 10.6 Å². The van der Waals surface area contributed by atoms with Crippen LogP contribution in [-0.2, 0) is 49.3 Å². The largest absolute Gasteiger partial charge is 0.481 e. The monoisotopic (exact) mass is 566 g/mol. The van der Waals surface area contributed by atoms with Crippen molar-refractivity contribution in [3.63, 3.8) is 0 Å². The summed E-state index contributed by atoms with van der Waals surface area (Å²) < 4.78 is 21.1. The number of anilines is 1. The minimum absolute atomic E-state index is 0.0258. The van der Waals surface area contributed by atoms with Gasteiger partial charge in [-0.3, -0.25) is 24.0 Å². The van der Waals surface area contributed by atoms with Crippen molar-refractivity contribution in [2.45, 2.75) is 51.9 Å². The van der Waals surface area contributed by atoms with E-state index in [0.29, 0.717) is 77.7 Å². The molecule has 0 saturated heterocycles. The molecule has 224 valence electrons. The summed E-state index contributed by atoms with van der Waals surface area (Å²) in [6, 6.07) is 7.19. The van der Waals surface area contributed by atoms with E-state index in [1.807, 2.05) is 12.1 Å². The minimum Gasteiger partial charge on any atom is -0.481 e. The number of carboxylic acids is 1. The zero-order chi connectivity index (χ0) is 29.4. The maximum absolute atomic E-state index is 12.1. The number of ether oxygens (including phenoxy) is 4. The second-order valence-electron chi connectivity index (χ2n) is 8.96. The fourth-order valence-electron chi connectivity index (χ4n) is 3.31. The third-order valence-corrected chi connectivity index (χ3v) is 5.33. The minimum atomic E-state index is -0.895. The van der Waals surface area contributed by atoms with Crippen molar-refractivity contribution in [2.24, 2.45) is 0 Å². The van der Waals surface area contributed by atoms with Crippen molar-refractivity contribution in [1.29, 1.82) is 0 Å². The lowest BCUT2D eigenvalue weighted by Gasteiger charge is -2.08. The zero-order valence-electron chi connectivity index (χ0n) is 23.2. The van der Waals surface area contributed by atoms with Crippen LogP contribution >= 0.6 is 0 Å². The Morgan fingerprint density at radius 2 is 1.25 bits per heavy atom. The predicted molar refractivity (Wildman–Crippen MR) is 146 cm³/mol. The lowest BCUT2D eigenvalue weighted by atomic mass is 10.0. The number of aryl methyl sites for hydroxylation is 1. The summed E-state index contributed by atoms with van der Waals surface area (Å²) >= 11 is 0. The zero-order valence-corrected chi connectivity index (χ0v) is 23.2. The van der Waals surface area contributed by atoms with Crippen LogP contribution in [0.25, 0.3) is 0 Å². The van der Waals surface area contributed by atoms with Gasteiger partial charge in [0.05, 0.1) is 65.7 Å². The number of aliphatic carboxylic acids is 1. The molecule has 0 aliphatic rings. The normalized spacial score (nSPS) is 10.7. The summed E-state index contributed by atoms with van der Waals surface area (Å²) in [7, 11) is 0. The van der Waals surface area contributed by atoms with Crippen molar-refractivity contribution in [3.8, 4) is 0 Å². The van der Waals surface area contributed by atoms with Gasteiger partial charge in [-0.25, -0.2) is 0 Å². The number of Topliss-reactive ketones (excluding diaryl/α,β-unsaturated/α-hetero) is 2. The van der Waals surface area contributed by atoms with Crippen LogP contribution in [0.2, 0.25) is 0 Å². The van der Waals surface area contributed by atoms with E-state index in [1.54, 1.807) is 12.1 Å². The SMILES string of the molecule is CC(=O)CC(=O)CCc1ccc(NC(=O)CCCC(=O)NCCOCCOCCOCCOCCC(=O)O)cc1. The van der Waals surface area contributed by atoms with Gasteiger partial charge in [-0.2, -0.15) is 0 Å². The third-order valence-electron chi connectivity index (χ3n) is 5.33. The van der Waals surface area contributed by atoms with E-state index in [2.05, 4.69) is 10.6 Å². The molecule has 1 aromatic carbocycles. The summed E-state index contributed by atoms with van der Waals surface area (Å²) in [5.41, 5.74) is 1.59. The number of benzene rings is 1. The molecule has 1 rings (SSSR count). The molecule has 1 aromatic rings. The number of carbonyl (C=O) groups excluding carboxylic acids is 4. The molecule has 0 spiro atoms. The maximum atomic E-state index is 12.1. The van der Waals surface area contributed by atoms with Crippen LogP contribution in [0.3, 0.4) is 0 Å². The van der Waals surface area contributed by atoms with E-state index in [-0.39, 0.29) is 55.7 Å². The highest BCUT2D eigenvalue weighted by atomic mass is 16.6. The number of carboxylic acid groups (broad SMARTS) is 1. The summed E-state index contributed by atoms with van der Waals surface area (Å²) in [6.07, 6.45) is 1.65. The van der Waals surface area contributed by atoms with Gasteiger partial charge in [0, 0.05) is 31.5 Å². The van der Waals surface area contributed by atoms with E-state index in [4.69, 9.17) is 24.1 Å². The van der Waals surface area contributed by atoms with Crippen LogP contribution in [0.4, 0.5) is 5.69 Å². The molecule has 0 fully saturated rings. The summed E-state index contributed by atoms with van der Waals surface area (Å²) in [5, 5.41) is 14.0. The lowest BCUT2D eigenvalue weighted by molar-refractivity contribution is -0.138. The van der Waals surface area contributed by atoms with Crippen molar-refractivity contribution in [3.05, 3.63) is 29.8 Å². The molecule has 0 aliphatic carbocycles. The number of amides is 2. The number of hydrogen-bond acceptors (Lipinski definition) is 9. The standard InChI is InChI=1S/C28H42N2O10/c1-22(31)21-25(32)10-7-23-5-8-24(9-6-23)30-27(34)4-2-3-26(33)29-12-14-38-16-18-40-20-19-39-17-15-37-13-11-28(35)36/h5-6,8-9H,2-4,7,10-21H2,1H3,(H,29,33)(H,30,34)(H,35,36). The first kappa shape index (κ1) is 34.8. The fraction of sp³-hybridized carbons (Fsp3) is 0.607. The smallest absolute Gasteiger partial charge is 0.305 e. The van der Waals surface area contributed by atoms with Gasteiger partial charge in [0.15, 0.2) is 0 Å². The van der Waals surface area contributed by atoms with Gasteiger partial charge >= 0.3 is 5.97 Å². The molecule has 0 aromatic heterocycles. The number of nitrogens with one attached hydrogen (secondary N) is 2. The topological polar surface area (TPSA) is 167 Å². The van der Waals surface area contributed by atoms with Crippen molar-refractivity contribution < 1.29 is 48.0 Å². The maximum Gasteiger partial charge on any atom is 0.305 e. The highest BCUT2D eigenvalue weighted by molar-refractivity contribution is 5.98. The van der Waals surface area contributed by atoms with Crippen LogP contribution in [-0.4, -0.2) is 93.9 Å². The average Bonchev–Trinajstić information content (AvgIpc) is 2.90. The molecule has 12 nitrogen and oxygen atoms in total. The lowest BCUT2D eigenvalue weighted by Crippen LogP contribution is -2.27. The molecule has 3 N–H and O–H groups in total. The van der Waals surface area contributed by atoms with Crippen LogP contribution in [0.5, 0.6) is 0 Å². The van der Waals surface area contributed by atoms with Gasteiger partial charge in [0.1, 0.15) is 11.6 Å². The van der Waals surface area contributed by atoms with Crippen LogP contribution in [0.1, 0.15) is 51.0 Å². The van der Waals surface area contributed by atoms with Gasteiger partial charge in [-0.15, -0.1) is 0 Å². The molecule has 0 heterocycles. The van der Waals surface area contributed by atoms with Gasteiger partial charge in [-0.05, 0) is 37.5 Å². The molecular formula is C28H42N2O10. The Morgan fingerprint density at radius 1 is 0.700 bits per heavy atom. The fourth-order valence-corrected chi connectivity index (χ4v) is 3.31. The Hall–Kier alpha value is -3.19. The Balaban J connectivity index is 1.95. The molecule has 0 unspecified atom stereocenters. The van der Waals surface area contributed by atoms with E-state index in [1.165, 1.54) is 6.92 Å². The first-order chi connectivity index (χ1) is 19.3. The second kappa shape index (κ2) is 22.6. The predicted octanol–water partition coefficient (Wildman–Crippen LogP) is 1.93. The quantitative estimate of drug-likeness (QED) is 0.118. The van der Waals surface area contributed by atoms with Crippen molar-refractivity contribution in [2.75, 3.05) is 64.7 Å². The van der Waals surface area contributed by atoms with Crippen molar-refractivity contribution in [1.82, 2.24) is 5.32 Å². The molecule has 12 heteroatoms. The average molecular weight is 567 g/mol. The van der Waals surface area contributed by atoms with Gasteiger partial charge in [0.25, 0.3) is 0 Å². The van der Waals surface area contributed by atoms with Gasteiger partial charge < -0.3 is 34.7 Å². The van der Waals surface area contributed by atoms with Crippen LogP contribution in [0.15, 0.2) is 24.3 Å². The Bertz CT molecular complexity index is 905. The first-order valence-electron chi connectivity index (χ1n) is 13.5. The van der Waals surface area contributed by atoms with Gasteiger partial charge in [0.2, 0.25) is 11.8 Å². The molecule has 0 aliphatic heterocycles. The van der Waals surface area contributed by atoms with E-state index in [0.717, 1.165) is 5.56 Å². The number of rotatable bonds is 25. The molecule has 0 atom stereocenters. The van der Waals surface area contributed by atoms with Gasteiger partial charge in [-0.1, -0.05) is 12.1 Å². The highest BCUT2D eigenvalue weighted by Gasteiger charge is 2.08. The molecule has 2 amide bonds. The molecular weight excluding hydrogens is 524 g/mol.